The van der Waals surface area contributed by atoms with Gasteiger partial charge in [-0.2, -0.15) is 0 Å². The summed E-state index contributed by atoms with van der Waals surface area (Å²) in [5.41, 5.74) is 2.46. The molecule has 5 rings (SSSR count). The van der Waals surface area contributed by atoms with Gasteiger partial charge in [-0.3, -0.25) is 9.69 Å². The Morgan fingerprint density at radius 1 is 0.969 bits per heavy atom. The Balaban J connectivity index is 1.45. The van der Waals surface area contributed by atoms with Crippen molar-refractivity contribution in [2.24, 2.45) is 0 Å². The molecule has 0 radical (unpaired) electrons. The van der Waals surface area contributed by atoms with Crippen LogP contribution >= 0.6 is 11.3 Å². The molecule has 1 fully saturated rings. The van der Waals surface area contributed by atoms with E-state index in [1.165, 1.54) is 37.3 Å². The Bertz CT molecular complexity index is 1230. The van der Waals surface area contributed by atoms with Crippen LogP contribution in [0.2, 0.25) is 0 Å². The Hall–Kier alpha value is -3.15. The number of ether oxygens (including phenoxy) is 1. The molecule has 1 aliphatic heterocycles. The molecule has 4 aromatic rings. The molecule has 5 heteroatoms. The zero-order chi connectivity index (χ0) is 21.9. The molecule has 0 saturated carbocycles. The smallest absolute Gasteiger partial charge is 0.203 e. The van der Waals surface area contributed by atoms with E-state index in [9.17, 15) is 9.90 Å². The molecule has 1 saturated heterocycles. The summed E-state index contributed by atoms with van der Waals surface area (Å²) in [4.78, 5) is 16.5. The number of phenols is 1. The lowest BCUT2D eigenvalue weighted by atomic mass is 9.98. The Morgan fingerprint density at radius 3 is 2.47 bits per heavy atom. The third-order valence-corrected chi connectivity index (χ3v) is 7.10. The van der Waals surface area contributed by atoms with Crippen molar-refractivity contribution in [2.45, 2.75) is 12.8 Å². The average Bonchev–Trinajstić information content (AvgIpc) is 3.47. The van der Waals surface area contributed by atoms with Crippen molar-refractivity contribution in [1.29, 1.82) is 0 Å². The minimum Gasteiger partial charge on any atom is -0.508 e. The molecule has 32 heavy (non-hydrogen) atoms. The van der Waals surface area contributed by atoms with E-state index in [1.54, 1.807) is 12.1 Å². The van der Waals surface area contributed by atoms with Crippen LogP contribution in [-0.2, 0) is 0 Å². The van der Waals surface area contributed by atoms with Gasteiger partial charge in [0.15, 0.2) is 0 Å². The number of hydrogen-bond donors (Lipinski definition) is 1. The molecular weight excluding hydrogens is 418 g/mol. The second-order valence-corrected chi connectivity index (χ2v) is 9.16. The molecule has 2 heterocycles. The van der Waals surface area contributed by atoms with E-state index in [-0.39, 0.29) is 11.5 Å². The third kappa shape index (κ3) is 4.27. The van der Waals surface area contributed by atoms with Crippen LogP contribution in [0.25, 0.3) is 21.2 Å². The predicted molar refractivity (Wildman–Crippen MR) is 130 cm³/mol. The summed E-state index contributed by atoms with van der Waals surface area (Å²) in [5, 5.41) is 11.0. The van der Waals surface area contributed by atoms with Gasteiger partial charge < -0.3 is 9.84 Å². The second kappa shape index (κ2) is 9.15. The van der Waals surface area contributed by atoms with Crippen LogP contribution < -0.4 is 4.74 Å². The first-order chi connectivity index (χ1) is 15.7. The first-order valence-corrected chi connectivity index (χ1v) is 11.8. The molecule has 0 amide bonds. The monoisotopic (exact) mass is 443 g/mol. The first kappa shape index (κ1) is 20.7. The first-order valence-electron chi connectivity index (χ1n) is 11.0. The molecule has 0 aliphatic carbocycles. The number of ketones is 1. The van der Waals surface area contributed by atoms with Gasteiger partial charge in [0.1, 0.15) is 18.1 Å². The van der Waals surface area contributed by atoms with Crippen molar-refractivity contribution >= 4 is 27.2 Å². The zero-order valence-electron chi connectivity index (χ0n) is 17.8. The number of carbonyl (C=O) groups is 1. The van der Waals surface area contributed by atoms with Crippen molar-refractivity contribution in [1.82, 2.24) is 4.90 Å². The molecule has 1 aromatic heterocycles. The van der Waals surface area contributed by atoms with Gasteiger partial charge in [-0.25, -0.2) is 0 Å². The summed E-state index contributed by atoms with van der Waals surface area (Å²) in [7, 11) is 0. The molecule has 162 valence electrons. The minimum absolute atomic E-state index is 0.00719. The van der Waals surface area contributed by atoms with Gasteiger partial charge in [-0.1, -0.05) is 42.5 Å². The van der Waals surface area contributed by atoms with Gasteiger partial charge in [0, 0.05) is 27.8 Å². The van der Waals surface area contributed by atoms with Crippen LogP contribution in [0.5, 0.6) is 11.5 Å². The third-order valence-electron chi connectivity index (χ3n) is 5.93. The maximum atomic E-state index is 13.3. The molecule has 1 aliphatic rings. The van der Waals surface area contributed by atoms with E-state index >= 15 is 0 Å². The fourth-order valence-corrected chi connectivity index (χ4v) is 5.44. The largest absolute Gasteiger partial charge is 0.508 e. The van der Waals surface area contributed by atoms with E-state index in [2.05, 4.69) is 4.90 Å². The van der Waals surface area contributed by atoms with Gasteiger partial charge in [0.2, 0.25) is 5.78 Å². The van der Waals surface area contributed by atoms with Crippen LogP contribution in [0.4, 0.5) is 0 Å². The van der Waals surface area contributed by atoms with Crippen LogP contribution in [-0.4, -0.2) is 42.0 Å². The lowest BCUT2D eigenvalue weighted by Gasteiger charge is -2.15. The zero-order valence-corrected chi connectivity index (χ0v) is 18.6. The number of thiophene rings is 1. The number of hydrogen-bond acceptors (Lipinski definition) is 5. The van der Waals surface area contributed by atoms with Gasteiger partial charge in [0.05, 0.1) is 4.88 Å². The number of rotatable bonds is 7. The minimum atomic E-state index is -0.00719. The highest BCUT2D eigenvalue weighted by Crippen LogP contribution is 2.41. The molecule has 0 bridgehead atoms. The number of fused-ring (bicyclic) bond motifs is 1. The predicted octanol–water partition coefficient (Wildman–Crippen LogP) is 5.98. The maximum Gasteiger partial charge on any atom is 0.203 e. The highest BCUT2D eigenvalue weighted by molar-refractivity contribution is 7.21. The average molecular weight is 444 g/mol. The fourth-order valence-electron chi connectivity index (χ4n) is 4.27. The quantitative estimate of drug-likeness (QED) is 0.357. The summed E-state index contributed by atoms with van der Waals surface area (Å²) in [5.74, 6) is 1.01. The number of carbonyl (C=O) groups excluding carboxylic acids is 1. The van der Waals surface area contributed by atoms with Gasteiger partial charge >= 0.3 is 0 Å². The summed E-state index contributed by atoms with van der Waals surface area (Å²) >= 11 is 1.47. The normalized spacial score (nSPS) is 14.1. The molecule has 4 nitrogen and oxygen atoms in total. The standard InChI is InChI=1S/C27H25NO3S/c29-21-10-13-24-23(18-21)25(27(32-24)26(30)20-6-2-1-3-7-20)19-8-11-22(12-9-19)31-17-16-28-14-4-5-15-28/h1-3,6-13,18,29H,4-5,14-17H2. The molecule has 1 N–H and O–H groups in total. The van der Waals surface area contributed by atoms with Crippen LogP contribution in [0.1, 0.15) is 28.1 Å². The van der Waals surface area contributed by atoms with Crippen molar-refractivity contribution in [3.63, 3.8) is 0 Å². The molecule has 0 unspecified atom stereocenters. The number of likely N-dealkylation sites (tertiary alicyclic amines) is 1. The summed E-state index contributed by atoms with van der Waals surface area (Å²) < 4.78 is 6.92. The van der Waals surface area contributed by atoms with Crippen molar-refractivity contribution in [2.75, 3.05) is 26.2 Å². The lowest BCUT2D eigenvalue weighted by molar-refractivity contribution is 0.104. The van der Waals surface area contributed by atoms with Crippen molar-refractivity contribution < 1.29 is 14.6 Å². The van der Waals surface area contributed by atoms with Crippen LogP contribution in [0, 0.1) is 0 Å². The fraction of sp³-hybridized carbons (Fsp3) is 0.222. The van der Waals surface area contributed by atoms with Gasteiger partial charge in [0.25, 0.3) is 0 Å². The second-order valence-electron chi connectivity index (χ2n) is 8.10. The number of benzene rings is 3. The SMILES string of the molecule is O=C(c1ccccc1)c1sc2ccc(O)cc2c1-c1ccc(OCCN2CCCC2)cc1. The van der Waals surface area contributed by atoms with Gasteiger partial charge in [-0.05, 0) is 61.8 Å². The molecule has 0 spiro atoms. The molecular formula is C27H25NO3S. The van der Waals surface area contributed by atoms with E-state index in [0.717, 1.165) is 33.5 Å². The number of nitrogens with zero attached hydrogens (tertiary/aromatic N) is 1. The van der Waals surface area contributed by atoms with Gasteiger partial charge in [-0.15, -0.1) is 11.3 Å². The Kier molecular flexibility index (Phi) is 5.93. The molecule has 3 aromatic carbocycles. The Labute approximate surface area is 191 Å². The maximum absolute atomic E-state index is 13.3. The summed E-state index contributed by atoms with van der Waals surface area (Å²) in [6.45, 7) is 3.95. The highest BCUT2D eigenvalue weighted by atomic mass is 32.1. The Morgan fingerprint density at radius 2 is 1.72 bits per heavy atom. The van der Waals surface area contributed by atoms with Crippen molar-refractivity contribution in [3.8, 4) is 22.6 Å². The summed E-state index contributed by atoms with van der Waals surface area (Å²) in [6, 6.07) is 22.5. The van der Waals surface area contributed by atoms with E-state index in [0.29, 0.717) is 17.0 Å². The van der Waals surface area contributed by atoms with Crippen molar-refractivity contribution in [3.05, 3.63) is 83.2 Å². The summed E-state index contributed by atoms with van der Waals surface area (Å²) in [6.07, 6.45) is 2.56. The van der Waals surface area contributed by atoms with E-state index < -0.39 is 0 Å². The number of phenolic OH excluding ortho intramolecular Hbond substituents is 1. The van der Waals surface area contributed by atoms with E-state index in [1.807, 2.05) is 60.7 Å². The number of aromatic hydroxyl groups is 1. The highest BCUT2D eigenvalue weighted by Gasteiger charge is 2.21. The van der Waals surface area contributed by atoms with Crippen LogP contribution in [0.3, 0.4) is 0 Å². The van der Waals surface area contributed by atoms with Crippen LogP contribution in [0.15, 0.2) is 72.8 Å². The van der Waals surface area contributed by atoms with E-state index in [4.69, 9.17) is 4.74 Å². The topological polar surface area (TPSA) is 49.8 Å². The lowest BCUT2D eigenvalue weighted by Crippen LogP contribution is -2.25. The molecule has 0 atom stereocenters.